The summed E-state index contributed by atoms with van der Waals surface area (Å²) in [7, 11) is 0. The van der Waals surface area contributed by atoms with Crippen LogP contribution >= 0.6 is 0 Å². The minimum atomic E-state index is 0.476. The van der Waals surface area contributed by atoms with Crippen LogP contribution < -0.4 is 11.5 Å². The molecule has 0 radical (unpaired) electrons. The lowest BCUT2D eigenvalue weighted by Crippen LogP contribution is -2.32. The molecule has 0 bridgehead atoms. The van der Waals surface area contributed by atoms with E-state index < -0.39 is 0 Å². The van der Waals surface area contributed by atoms with E-state index in [9.17, 15) is 0 Å². The fourth-order valence-electron chi connectivity index (χ4n) is 5.95. The van der Waals surface area contributed by atoms with Crippen molar-refractivity contribution < 1.29 is 0 Å². The Labute approximate surface area is 105 Å². The molecular formula is C15H26N2. The highest BCUT2D eigenvalue weighted by atomic mass is 14.9. The Morgan fingerprint density at radius 2 is 1.06 bits per heavy atom. The monoisotopic (exact) mass is 234 g/mol. The summed E-state index contributed by atoms with van der Waals surface area (Å²) in [5.41, 5.74) is 13.3. The van der Waals surface area contributed by atoms with Crippen molar-refractivity contribution in [1.29, 1.82) is 0 Å². The molecule has 0 saturated heterocycles. The van der Waals surface area contributed by atoms with Crippen molar-refractivity contribution in [2.45, 2.75) is 51.6 Å². The van der Waals surface area contributed by atoms with Crippen LogP contribution in [0.2, 0.25) is 0 Å². The fraction of sp³-hybridized carbons (Fsp3) is 1.00. The van der Waals surface area contributed by atoms with Crippen LogP contribution in [-0.2, 0) is 0 Å². The molecule has 0 aromatic rings. The fourth-order valence-corrected chi connectivity index (χ4v) is 5.95. The first-order valence-electron chi connectivity index (χ1n) is 7.58. The first-order chi connectivity index (χ1) is 8.06. The van der Waals surface area contributed by atoms with Gasteiger partial charge >= 0.3 is 0 Å². The molecule has 8 atom stereocenters. The first kappa shape index (κ1) is 10.8. The zero-order valence-electron chi connectivity index (χ0n) is 11.1. The standard InChI is InChI=1S/C15H26N2/c1-7-3-9-11(5-13(7)16)15(9)10-4-8(2)14(17)6-12(10)15/h7-14H,3-6,16-17H2,1-2H3. The SMILES string of the molecule is CC1CC2C(CC1N)C21C2CC(C)C(N)CC21. The van der Waals surface area contributed by atoms with Gasteiger partial charge < -0.3 is 11.5 Å². The van der Waals surface area contributed by atoms with Gasteiger partial charge in [0.1, 0.15) is 0 Å². The summed E-state index contributed by atoms with van der Waals surface area (Å²) in [6, 6.07) is 0.953. The maximum absolute atomic E-state index is 6.26. The molecule has 4 rings (SSSR count). The number of hydrogen-bond donors (Lipinski definition) is 2. The highest BCUT2D eigenvalue weighted by Gasteiger charge is 2.84. The third-order valence-corrected chi connectivity index (χ3v) is 7.09. The van der Waals surface area contributed by atoms with E-state index in [2.05, 4.69) is 13.8 Å². The normalized spacial score (nSPS) is 68.5. The Kier molecular flexibility index (Phi) is 1.96. The second-order valence-electron chi connectivity index (χ2n) is 7.65. The highest BCUT2D eigenvalue weighted by molar-refractivity contribution is 5.31. The van der Waals surface area contributed by atoms with E-state index in [1.165, 1.54) is 25.7 Å². The van der Waals surface area contributed by atoms with Crippen molar-refractivity contribution in [2.75, 3.05) is 0 Å². The van der Waals surface area contributed by atoms with Crippen LogP contribution in [0.3, 0.4) is 0 Å². The van der Waals surface area contributed by atoms with Crippen molar-refractivity contribution in [2.24, 2.45) is 52.4 Å². The Balaban J connectivity index is 1.55. The molecule has 2 heteroatoms. The minimum Gasteiger partial charge on any atom is -0.327 e. The van der Waals surface area contributed by atoms with Crippen LogP contribution in [0, 0.1) is 40.9 Å². The van der Waals surface area contributed by atoms with Gasteiger partial charge in [0.25, 0.3) is 0 Å². The van der Waals surface area contributed by atoms with Crippen molar-refractivity contribution in [3.05, 3.63) is 0 Å². The number of rotatable bonds is 0. The molecule has 4 aliphatic rings. The van der Waals surface area contributed by atoms with Gasteiger partial charge in [-0.2, -0.15) is 0 Å². The van der Waals surface area contributed by atoms with E-state index in [0.29, 0.717) is 12.1 Å². The molecule has 8 unspecified atom stereocenters. The third-order valence-electron chi connectivity index (χ3n) is 7.09. The van der Waals surface area contributed by atoms with E-state index in [-0.39, 0.29) is 0 Å². The number of fused-ring (bicyclic) bond motifs is 6. The Morgan fingerprint density at radius 1 is 0.706 bits per heavy atom. The number of nitrogens with two attached hydrogens (primary N) is 2. The third kappa shape index (κ3) is 1.14. The van der Waals surface area contributed by atoms with Gasteiger partial charge in [-0.3, -0.25) is 0 Å². The summed E-state index contributed by atoms with van der Waals surface area (Å²) in [4.78, 5) is 0. The molecule has 0 aromatic heterocycles. The smallest absolute Gasteiger partial charge is 0.00675 e. The van der Waals surface area contributed by atoms with Gasteiger partial charge in [-0.15, -0.1) is 0 Å². The second-order valence-corrected chi connectivity index (χ2v) is 7.65. The summed E-state index contributed by atoms with van der Waals surface area (Å²) in [6.45, 7) is 4.71. The summed E-state index contributed by atoms with van der Waals surface area (Å²) in [6.07, 6.45) is 5.43. The molecule has 4 N–H and O–H groups in total. The molecule has 17 heavy (non-hydrogen) atoms. The molecule has 4 aliphatic carbocycles. The van der Waals surface area contributed by atoms with Crippen LogP contribution in [0.25, 0.3) is 0 Å². The Bertz CT molecular complexity index is 283. The van der Waals surface area contributed by atoms with E-state index in [1.54, 1.807) is 0 Å². The van der Waals surface area contributed by atoms with Crippen LogP contribution in [0.5, 0.6) is 0 Å². The number of hydrogen-bond acceptors (Lipinski definition) is 2. The van der Waals surface area contributed by atoms with Gasteiger partial charge in [0.15, 0.2) is 0 Å². The zero-order valence-corrected chi connectivity index (χ0v) is 11.1. The topological polar surface area (TPSA) is 52.0 Å². The van der Waals surface area contributed by atoms with E-state index >= 15 is 0 Å². The van der Waals surface area contributed by atoms with Crippen molar-refractivity contribution in [3.63, 3.8) is 0 Å². The van der Waals surface area contributed by atoms with Gasteiger partial charge in [-0.25, -0.2) is 0 Å². The van der Waals surface area contributed by atoms with Crippen molar-refractivity contribution in [3.8, 4) is 0 Å². The molecule has 1 spiro atoms. The van der Waals surface area contributed by atoms with Crippen LogP contribution in [0.15, 0.2) is 0 Å². The van der Waals surface area contributed by atoms with Gasteiger partial charge in [-0.05, 0) is 66.6 Å². The molecule has 0 amide bonds. The van der Waals surface area contributed by atoms with E-state index in [1.807, 2.05) is 0 Å². The molecule has 4 saturated carbocycles. The van der Waals surface area contributed by atoms with Gasteiger partial charge in [0.2, 0.25) is 0 Å². The van der Waals surface area contributed by atoms with Crippen molar-refractivity contribution >= 4 is 0 Å². The zero-order chi connectivity index (χ0) is 11.9. The van der Waals surface area contributed by atoms with E-state index in [0.717, 1.165) is 40.9 Å². The van der Waals surface area contributed by atoms with E-state index in [4.69, 9.17) is 11.5 Å². The lowest BCUT2D eigenvalue weighted by Gasteiger charge is -2.23. The maximum Gasteiger partial charge on any atom is 0.00675 e. The lowest BCUT2D eigenvalue weighted by atomic mass is 9.87. The summed E-state index contributed by atoms with van der Waals surface area (Å²) in [5.74, 6) is 5.55. The summed E-state index contributed by atoms with van der Waals surface area (Å²) >= 11 is 0. The molecule has 0 aliphatic heterocycles. The quantitative estimate of drug-likeness (QED) is 0.673. The second kappa shape index (κ2) is 3.08. The average Bonchev–Trinajstić information content (AvgIpc) is 3.09. The predicted octanol–water partition coefficient (Wildman–Crippen LogP) is 1.98. The maximum atomic E-state index is 6.26. The summed E-state index contributed by atoms with van der Waals surface area (Å²) < 4.78 is 0. The molecular weight excluding hydrogens is 208 g/mol. The Morgan fingerprint density at radius 3 is 1.41 bits per heavy atom. The molecule has 96 valence electrons. The first-order valence-corrected chi connectivity index (χ1v) is 7.58. The lowest BCUT2D eigenvalue weighted by molar-refractivity contribution is 0.317. The van der Waals surface area contributed by atoms with Crippen LogP contribution in [0.1, 0.15) is 39.5 Å². The Hall–Kier alpha value is -0.0800. The predicted molar refractivity (Wildman–Crippen MR) is 69.1 cm³/mol. The largest absolute Gasteiger partial charge is 0.327 e. The molecule has 4 fully saturated rings. The van der Waals surface area contributed by atoms with Gasteiger partial charge in [0, 0.05) is 12.1 Å². The van der Waals surface area contributed by atoms with Crippen LogP contribution in [0.4, 0.5) is 0 Å². The molecule has 0 heterocycles. The van der Waals surface area contributed by atoms with Crippen molar-refractivity contribution in [1.82, 2.24) is 0 Å². The molecule has 0 aromatic carbocycles. The van der Waals surface area contributed by atoms with Crippen LogP contribution in [-0.4, -0.2) is 12.1 Å². The van der Waals surface area contributed by atoms with Gasteiger partial charge in [0.05, 0.1) is 0 Å². The highest BCUT2D eigenvalue weighted by Crippen LogP contribution is 2.87. The summed E-state index contributed by atoms with van der Waals surface area (Å²) in [5, 5.41) is 0. The molecule has 2 nitrogen and oxygen atoms in total. The average molecular weight is 234 g/mol. The van der Waals surface area contributed by atoms with Gasteiger partial charge in [-0.1, -0.05) is 13.8 Å². The minimum absolute atomic E-state index is 0.476.